The van der Waals surface area contributed by atoms with Crippen molar-refractivity contribution in [3.05, 3.63) is 23.0 Å². The fourth-order valence-electron chi connectivity index (χ4n) is 14.5. The molecule has 0 radical (unpaired) electrons. The molecular weight excluding hydrogens is 949 g/mol. The number of aliphatic hydroxyl groups is 12. The fraction of sp³-hybridized carbons (Fsp3) is 0.922. The van der Waals surface area contributed by atoms with E-state index in [0.717, 1.165) is 50.7 Å². The maximum absolute atomic E-state index is 12.0. The zero-order valence-corrected chi connectivity index (χ0v) is 42.2. The molecule has 4 saturated heterocycles. The molecule has 21 nitrogen and oxygen atoms in total. The van der Waals surface area contributed by atoms with Crippen LogP contribution in [0, 0.1) is 40.4 Å². The molecule has 0 spiro atoms. The highest BCUT2D eigenvalue weighted by Gasteiger charge is 2.64. The molecule has 29 atom stereocenters. The standard InChI is InChI=1S/C51H82O21/c1-20(19-64-46-40(60)39(59)36(56)31(17-52)69-46)7-10-29-21(2)33-30(68-29)16-28-26-9-8-24-15-25(11-13-50(24,5)27(26)12-14-51(28,33)6)67-49-45(72-48-42(62)38(58)35(55)23(4)66-48)43(63)44(32(18-53)70-49)71-47-41(61)37(57)34(54)22(3)65-47/h8,20,22-23,25-28,30-49,52-63H,7,9-19H2,1-6H3/t20-,22+,23+,25+,26-,27+,28+,30+,31-,32-,33+,34+,35+,36-,37-,38-,39+,40-,41-,42-,43+,44-,45-,46-,47+,48+,49-,50+,51+/m1/s1. The summed E-state index contributed by atoms with van der Waals surface area (Å²) in [5, 5.41) is 126. The van der Waals surface area contributed by atoms with E-state index < -0.39 is 142 Å². The van der Waals surface area contributed by atoms with Crippen LogP contribution in [0.2, 0.25) is 0 Å². The molecule has 0 unspecified atom stereocenters. The number of allylic oxidation sites excluding steroid dienone is 2. The average Bonchev–Trinajstić information content (AvgIpc) is 3.85. The summed E-state index contributed by atoms with van der Waals surface area (Å²) in [4.78, 5) is 0. The summed E-state index contributed by atoms with van der Waals surface area (Å²) < 4.78 is 54.8. The van der Waals surface area contributed by atoms with Gasteiger partial charge >= 0.3 is 0 Å². The molecule has 9 rings (SSSR count). The predicted molar refractivity (Wildman–Crippen MR) is 247 cm³/mol. The minimum absolute atomic E-state index is 0.0680. The van der Waals surface area contributed by atoms with Crippen molar-refractivity contribution >= 4 is 0 Å². The van der Waals surface area contributed by atoms with Crippen molar-refractivity contribution in [3.8, 4) is 0 Å². The molecule has 0 aromatic carbocycles. The first kappa shape index (κ1) is 55.2. The van der Waals surface area contributed by atoms with E-state index in [1.807, 2.05) is 6.92 Å². The normalized spacial score (nSPS) is 52.9. The Kier molecular flexibility index (Phi) is 16.7. The molecule has 3 saturated carbocycles. The van der Waals surface area contributed by atoms with E-state index in [1.165, 1.54) is 25.0 Å². The summed E-state index contributed by atoms with van der Waals surface area (Å²) in [6.45, 7) is 11.1. The van der Waals surface area contributed by atoms with Gasteiger partial charge in [0.25, 0.3) is 0 Å². The molecule has 0 aromatic heterocycles. The highest BCUT2D eigenvalue weighted by molar-refractivity contribution is 5.30. The molecule has 0 amide bonds. The number of hydrogen-bond donors (Lipinski definition) is 12. The minimum Gasteiger partial charge on any atom is -0.494 e. The molecule has 412 valence electrons. The number of ether oxygens (including phenoxy) is 9. The van der Waals surface area contributed by atoms with Crippen LogP contribution in [0.5, 0.6) is 0 Å². The van der Waals surface area contributed by atoms with Crippen molar-refractivity contribution in [2.24, 2.45) is 40.4 Å². The second-order valence-corrected chi connectivity index (χ2v) is 23.2. The SMILES string of the molecule is CC1=C(CC[C@@H](C)CO[C@@H]2O[C@H](CO)[C@@H](O)[C@H](O)[C@H]2O)O[C@H]2C[C@H]3[C@@H]4CC=C5C[C@@H](O[C@@H]6O[C@H](CO)[C@@H](O[C@@H]7O[C@@H](C)[C@H](O)[C@@H](O)[C@H]7O)[C@H](O)[C@H]6O[C@@H]6O[C@@H](C)[C@H](O)[C@@H](O)[C@H]6O)CC[C@]5(C)[C@H]4CC[C@]3(C)[C@@H]12. The molecule has 0 bridgehead atoms. The third kappa shape index (κ3) is 9.90. The van der Waals surface area contributed by atoms with Gasteiger partial charge in [0.1, 0.15) is 91.6 Å². The van der Waals surface area contributed by atoms with Crippen LogP contribution in [0.25, 0.3) is 0 Å². The summed E-state index contributed by atoms with van der Waals surface area (Å²) in [5.74, 6) is 2.80. The quantitative estimate of drug-likeness (QED) is 0.0926. The molecular formula is C51H82O21. The number of fused-ring (bicyclic) bond motifs is 7. The van der Waals surface area contributed by atoms with E-state index in [2.05, 4.69) is 26.8 Å². The molecule has 9 aliphatic rings. The van der Waals surface area contributed by atoms with Gasteiger partial charge < -0.3 is 104 Å². The lowest BCUT2D eigenvalue weighted by atomic mass is 9.47. The average molecular weight is 1030 g/mol. The van der Waals surface area contributed by atoms with E-state index in [4.69, 9.17) is 42.6 Å². The van der Waals surface area contributed by atoms with Crippen LogP contribution in [-0.4, -0.2) is 216 Å². The Labute approximate surface area is 420 Å². The van der Waals surface area contributed by atoms with Crippen LogP contribution in [-0.2, 0) is 42.6 Å². The van der Waals surface area contributed by atoms with Gasteiger partial charge in [0.15, 0.2) is 25.2 Å². The molecule has 72 heavy (non-hydrogen) atoms. The Bertz CT molecular complexity index is 1920. The second kappa shape index (κ2) is 21.7. The van der Waals surface area contributed by atoms with E-state index in [-0.39, 0.29) is 29.5 Å². The Morgan fingerprint density at radius 3 is 1.89 bits per heavy atom. The summed E-state index contributed by atoms with van der Waals surface area (Å²) in [6, 6.07) is 0. The van der Waals surface area contributed by atoms with Crippen molar-refractivity contribution in [2.75, 3.05) is 19.8 Å². The van der Waals surface area contributed by atoms with Crippen molar-refractivity contribution in [3.63, 3.8) is 0 Å². The molecule has 5 aliphatic heterocycles. The Hall–Kier alpha value is -1.52. The topological polar surface area (TPSA) is 326 Å². The van der Waals surface area contributed by atoms with Crippen molar-refractivity contribution in [1.29, 1.82) is 0 Å². The second-order valence-electron chi connectivity index (χ2n) is 23.2. The molecule has 4 aliphatic carbocycles. The number of hydrogen-bond acceptors (Lipinski definition) is 21. The monoisotopic (exact) mass is 1030 g/mol. The molecule has 7 fully saturated rings. The fourth-order valence-corrected chi connectivity index (χ4v) is 14.5. The zero-order valence-electron chi connectivity index (χ0n) is 42.2. The molecule has 21 heteroatoms. The van der Waals surface area contributed by atoms with Crippen LogP contribution in [0.3, 0.4) is 0 Å². The first-order valence-electron chi connectivity index (χ1n) is 26.4. The van der Waals surface area contributed by atoms with Gasteiger partial charge in [-0.1, -0.05) is 32.4 Å². The first-order chi connectivity index (χ1) is 34.1. The van der Waals surface area contributed by atoms with Crippen molar-refractivity contribution < 1.29 is 104 Å². The third-order valence-electron chi connectivity index (χ3n) is 18.8. The summed E-state index contributed by atoms with van der Waals surface area (Å²) in [7, 11) is 0. The third-order valence-corrected chi connectivity index (χ3v) is 18.8. The summed E-state index contributed by atoms with van der Waals surface area (Å²) in [5.41, 5.74) is 2.59. The largest absolute Gasteiger partial charge is 0.494 e. The van der Waals surface area contributed by atoms with Gasteiger partial charge in [-0.2, -0.15) is 0 Å². The number of rotatable bonds is 14. The van der Waals surface area contributed by atoms with E-state index >= 15 is 0 Å². The van der Waals surface area contributed by atoms with Crippen LogP contribution in [0.1, 0.15) is 99.3 Å². The highest BCUT2D eigenvalue weighted by Crippen LogP contribution is 2.69. The summed E-state index contributed by atoms with van der Waals surface area (Å²) >= 11 is 0. The van der Waals surface area contributed by atoms with Gasteiger partial charge in [0, 0.05) is 12.3 Å². The van der Waals surface area contributed by atoms with Crippen LogP contribution in [0.4, 0.5) is 0 Å². The maximum Gasteiger partial charge on any atom is 0.187 e. The van der Waals surface area contributed by atoms with Gasteiger partial charge in [-0.3, -0.25) is 0 Å². The maximum atomic E-state index is 12.0. The van der Waals surface area contributed by atoms with E-state index in [9.17, 15) is 61.3 Å². The van der Waals surface area contributed by atoms with Gasteiger partial charge in [-0.15, -0.1) is 0 Å². The lowest BCUT2D eigenvalue weighted by Crippen LogP contribution is -2.66. The Morgan fingerprint density at radius 2 is 1.25 bits per heavy atom. The number of aliphatic hydroxyl groups excluding tert-OH is 12. The minimum atomic E-state index is -1.74. The summed E-state index contributed by atoms with van der Waals surface area (Å²) in [6.07, 6.45) is -18.8. The van der Waals surface area contributed by atoms with Crippen LogP contribution < -0.4 is 0 Å². The van der Waals surface area contributed by atoms with Gasteiger partial charge in [0.05, 0.1) is 43.9 Å². The zero-order chi connectivity index (χ0) is 51.9. The Balaban J connectivity index is 0.849. The van der Waals surface area contributed by atoms with Crippen molar-refractivity contribution in [2.45, 2.75) is 234 Å². The lowest BCUT2D eigenvalue weighted by Gasteiger charge is -2.58. The van der Waals surface area contributed by atoms with Crippen LogP contribution >= 0.6 is 0 Å². The smallest absolute Gasteiger partial charge is 0.187 e. The van der Waals surface area contributed by atoms with Crippen LogP contribution in [0.15, 0.2) is 23.0 Å². The molecule has 12 N–H and O–H groups in total. The Morgan fingerprint density at radius 1 is 0.653 bits per heavy atom. The molecule has 5 heterocycles. The van der Waals surface area contributed by atoms with E-state index in [1.54, 1.807) is 0 Å². The highest BCUT2D eigenvalue weighted by atomic mass is 16.8. The first-order valence-corrected chi connectivity index (χ1v) is 26.4. The van der Waals surface area contributed by atoms with Crippen molar-refractivity contribution in [1.82, 2.24) is 0 Å². The lowest BCUT2D eigenvalue weighted by molar-refractivity contribution is -0.388. The van der Waals surface area contributed by atoms with Gasteiger partial charge in [-0.25, -0.2) is 0 Å². The molecule has 0 aromatic rings. The van der Waals surface area contributed by atoms with Gasteiger partial charge in [-0.05, 0) is 112 Å². The van der Waals surface area contributed by atoms with Gasteiger partial charge in [0.2, 0.25) is 0 Å². The van der Waals surface area contributed by atoms with E-state index in [0.29, 0.717) is 36.5 Å². The predicted octanol–water partition coefficient (Wildman–Crippen LogP) is -1.03.